The maximum atomic E-state index is 13.8. The Morgan fingerprint density at radius 2 is 1.88 bits per heavy atom. The van der Waals surface area contributed by atoms with Crippen LogP contribution in [-0.2, 0) is 0 Å². The number of aliphatic imine (C=N–C) groups is 1. The molecule has 126 valence electrons. The summed E-state index contributed by atoms with van der Waals surface area (Å²) in [6, 6.07) is 10.4. The summed E-state index contributed by atoms with van der Waals surface area (Å²) in [5.74, 6) is 0.411. The van der Waals surface area contributed by atoms with Crippen LogP contribution in [0.3, 0.4) is 0 Å². The molecule has 24 heavy (non-hydrogen) atoms. The minimum atomic E-state index is -0.324. The number of hydrogen-bond acceptors (Lipinski definition) is 4. The number of pyridine rings is 1. The predicted molar refractivity (Wildman–Crippen MR) is 94.1 cm³/mol. The smallest absolute Gasteiger partial charge is 0.223 e. The van der Waals surface area contributed by atoms with Crippen molar-refractivity contribution < 1.29 is 9.60 Å². The fraction of sp³-hybridized carbons (Fsp3) is 0.250. The van der Waals surface area contributed by atoms with Crippen molar-refractivity contribution in [2.75, 3.05) is 31.1 Å². The van der Waals surface area contributed by atoms with Crippen molar-refractivity contribution >= 4 is 33.4 Å². The van der Waals surface area contributed by atoms with E-state index in [-0.39, 0.29) is 5.82 Å². The highest BCUT2D eigenvalue weighted by molar-refractivity contribution is 9.10. The molecule has 1 fully saturated rings. The number of hydrogen-bond donors (Lipinski definition) is 2. The minimum absolute atomic E-state index is 0.324. The molecule has 0 saturated carbocycles. The Morgan fingerprint density at radius 3 is 2.50 bits per heavy atom. The molecule has 0 spiro atoms. The van der Waals surface area contributed by atoms with Crippen LogP contribution in [0.15, 0.2) is 52.1 Å². The standard InChI is InChI=1S/C16H17BrFN5O/c17-12-3-5-13(6-4-12)20-16(21-24)23-10-8-22(9-11-23)15-14(18)2-1-7-19-15/h1-7,24H,8-11H2,(H,20,21). The van der Waals surface area contributed by atoms with Gasteiger partial charge >= 0.3 is 0 Å². The third kappa shape index (κ3) is 3.82. The largest absolute Gasteiger partial charge is 0.351 e. The second-order valence-corrected chi connectivity index (χ2v) is 6.22. The van der Waals surface area contributed by atoms with Crippen LogP contribution in [0.1, 0.15) is 0 Å². The minimum Gasteiger partial charge on any atom is -0.351 e. The van der Waals surface area contributed by atoms with E-state index in [0.717, 1.165) is 10.2 Å². The first kappa shape index (κ1) is 16.7. The Morgan fingerprint density at radius 1 is 1.17 bits per heavy atom. The molecular formula is C16H17BrFN5O. The summed E-state index contributed by atoms with van der Waals surface area (Å²) in [6.07, 6.45) is 1.58. The van der Waals surface area contributed by atoms with Crippen molar-refractivity contribution in [1.82, 2.24) is 15.4 Å². The molecule has 2 aromatic rings. The van der Waals surface area contributed by atoms with E-state index in [9.17, 15) is 9.60 Å². The van der Waals surface area contributed by atoms with Gasteiger partial charge in [0.2, 0.25) is 5.96 Å². The van der Waals surface area contributed by atoms with Gasteiger partial charge in [0.05, 0.1) is 5.69 Å². The van der Waals surface area contributed by atoms with E-state index in [1.165, 1.54) is 6.07 Å². The maximum Gasteiger partial charge on any atom is 0.223 e. The molecule has 6 nitrogen and oxygen atoms in total. The highest BCUT2D eigenvalue weighted by Gasteiger charge is 2.22. The Labute approximate surface area is 147 Å². The van der Waals surface area contributed by atoms with Crippen LogP contribution in [0.5, 0.6) is 0 Å². The van der Waals surface area contributed by atoms with Gasteiger partial charge in [0.25, 0.3) is 0 Å². The van der Waals surface area contributed by atoms with Crippen molar-refractivity contribution in [2.24, 2.45) is 4.99 Å². The van der Waals surface area contributed by atoms with E-state index < -0.39 is 0 Å². The van der Waals surface area contributed by atoms with Gasteiger partial charge in [-0.05, 0) is 36.4 Å². The zero-order chi connectivity index (χ0) is 16.9. The Hall–Kier alpha value is -2.19. The van der Waals surface area contributed by atoms with Gasteiger partial charge in [-0.3, -0.25) is 5.21 Å². The molecule has 0 amide bonds. The molecule has 8 heteroatoms. The van der Waals surface area contributed by atoms with Crippen molar-refractivity contribution in [1.29, 1.82) is 0 Å². The predicted octanol–water partition coefficient (Wildman–Crippen LogP) is 2.77. The lowest BCUT2D eigenvalue weighted by Gasteiger charge is -2.36. The summed E-state index contributed by atoms with van der Waals surface area (Å²) in [7, 11) is 0. The number of aromatic nitrogens is 1. The van der Waals surface area contributed by atoms with Crippen LogP contribution in [0, 0.1) is 5.82 Å². The number of anilines is 1. The summed E-state index contributed by atoms with van der Waals surface area (Å²) in [5, 5.41) is 9.40. The molecule has 1 aromatic carbocycles. The fourth-order valence-corrected chi connectivity index (χ4v) is 2.81. The maximum absolute atomic E-state index is 13.8. The quantitative estimate of drug-likeness (QED) is 0.466. The van der Waals surface area contributed by atoms with E-state index in [1.54, 1.807) is 12.3 Å². The van der Waals surface area contributed by atoms with Gasteiger partial charge in [0.1, 0.15) is 0 Å². The van der Waals surface area contributed by atoms with Crippen LogP contribution in [-0.4, -0.2) is 47.2 Å². The van der Waals surface area contributed by atoms with Gasteiger partial charge in [0.15, 0.2) is 11.6 Å². The van der Waals surface area contributed by atoms with Gasteiger partial charge in [-0.2, -0.15) is 0 Å². The van der Waals surface area contributed by atoms with Crippen molar-refractivity contribution in [2.45, 2.75) is 0 Å². The van der Waals surface area contributed by atoms with Gasteiger partial charge in [-0.1, -0.05) is 15.9 Å². The Bertz CT molecular complexity index is 717. The van der Waals surface area contributed by atoms with E-state index in [4.69, 9.17) is 0 Å². The lowest BCUT2D eigenvalue weighted by atomic mass is 10.3. The van der Waals surface area contributed by atoms with Crippen LogP contribution < -0.4 is 10.4 Å². The molecule has 0 atom stereocenters. The number of benzene rings is 1. The first-order valence-corrected chi connectivity index (χ1v) is 8.31. The normalized spacial score (nSPS) is 15.5. The third-order valence-electron chi connectivity index (χ3n) is 3.78. The highest BCUT2D eigenvalue weighted by atomic mass is 79.9. The molecular weight excluding hydrogens is 377 g/mol. The number of hydroxylamine groups is 1. The number of nitrogens with zero attached hydrogens (tertiary/aromatic N) is 4. The highest BCUT2D eigenvalue weighted by Crippen LogP contribution is 2.19. The van der Waals surface area contributed by atoms with Crippen molar-refractivity contribution in [3.05, 3.63) is 52.9 Å². The molecule has 0 radical (unpaired) electrons. The summed E-state index contributed by atoms with van der Waals surface area (Å²) < 4.78 is 14.8. The SMILES string of the molecule is ONC(=Nc1ccc(Br)cc1)N1CCN(c2ncccc2F)CC1. The second kappa shape index (κ2) is 7.59. The molecule has 2 N–H and O–H groups in total. The van der Waals surface area contributed by atoms with Gasteiger partial charge in [0, 0.05) is 36.8 Å². The first-order valence-electron chi connectivity index (χ1n) is 7.52. The lowest BCUT2D eigenvalue weighted by molar-refractivity contribution is 0.207. The number of piperazine rings is 1. The van der Waals surface area contributed by atoms with Crippen molar-refractivity contribution in [3.63, 3.8) is 0 Å². The van der Waals surface area contributed by atoms with Crippen molar-refractivity contribution in [3.8, 4) is 0 Å². The molecule has 0 aliphatic carbocycles. The molecule has 1 aliphatic rings. The fourth-order valence-electron chi connectivity index (χ4n) is 2.54. The zero-order valence-electron chi connectivity index (χ0n) is 12.9. The van der Waals surface area contributed by atoms with Crippen LogP contribution in [0.2, 0.25) is 0 Å². The second-order valence-electron chi connectivity index (χ2n) is 5.31. The van der Waals surface area contributed by atoms with E-state index in [0.29, 0.717) is 38.0 Å². The number of guanidine groups is 1. The summed E-state index contributed by atoms with van der Waals surface area (Å²) in [4.78, 5) is 12.3. The van der Waals surface area contributed by atoms with Gasteiger partial charge in [-0.15, -0.1) is 0 Å². The molecule has 3 rings (SSSR count). The first-order chi connectivity index (χ1) is 11.7. The number of rotatable bonds is 2. The molecule has 1 aliphatic heterocycles. The summed E-state index contributed by atoms with van der Waals surface area (Å²) in [6.45, 7) is 2.38. The van der Waals surface area contributed by atoms with Gasteiger partial charge in [-0.25, -0.2) is 19.8 Å². The molecule has 1 aromatic heterocycles. The van der Waals surface area contributed by atoms with E-state index in [1.807, 2.05) is 34.1 Å². The van der Waals surface area contributed by atoms with Crippen LogP contribution in [0.4, 0.5) is 15.9 Å². The third-order valence-corrected chi connectivity index (χ3v) is 4.31. The topological polar surface area (TPSA) is 64.0 Å². The van der Waals surface area contributed by atoms with Crippen LogP contribution in [0.25, 0.3) is 0 Å². The summed E-state index contributed by atoms with van der Waals surface area (Å²) in [5.41, 5.74) is 2.89. The average Bonchev–Trinajstić information content (AvgIpc) is 2.62. The average molecular weight is 394 g/mol. The lowest BCUT2D eigenvalue weighted by Crippen LogP contribution is -2.52. The monoisotopic (exact) mass is 393 g/mol. The van der Waals surface area contributed by atoms with Crippen LogP contribution >= 0.6 is 15.9 Å². The molecule has 0 unspecified atom stereocenters. The van der Waals surface area contributed by atoms with Gasteiger partial charge < -0.3 is 9.80 Å². The molecule has 0 bridgehead atoms. The molecule has 2 heterocycles. The number of halogens is 2. The van der Waals surface area contributed by atoms with E-state index in [2.05, 4.69) is 31.4 Å². The summed E-state index contributed by atoms with van der Waals surface area (Å²) >= 11 is 3.37. The Balaban J connectivity index is 1.68. The molecule has 1 saturated heterocycles. The number of nitrogens with one attached hydrogen (secondary N) is 1. The Kier molecular flexibility index (Phi) is 5.27. The zero-order valence-corrected chi connectivity index (χ0v) is 14.4. The van der Waals surface area contributed by atoms with E-state index >= 15 is 0 Å².